The minimum absolute atomic E-state index is 0.203. The van der Waals surface area contributed by atoms with Crippen molar-refractivity contribution in [2.24, 2.45) is 4.99 Å². The Labute approximate surface area is 185 Å². The summed E-state index contributed by atoms with van der Waals surface area (Å²) in [6.07, 6.45) is 3.55. The van der Waals surface area contributed by atoms with Crippen LogP contribution in [0.1, 0.15) is 5.56 Å². The van der Waals surface area contributed by atoms with Crippen LogP contribution in [0.2, 0.25) is 5.02 Å². The molecular weight excluding hydrogens is 418 g/mol. The molecule has 0 radical (unpaired) electrons. The number of carbonyl (C=O) groups is 1. The smallest absolute Gasteiger partial charge is 0.286 e. The Balaban J connectivity index is 1.41. The second kappa shape index (κ2) is 9.41. The number of hydrogen-bond donors (Lipinski definition) is 0. The Kier molecular flexibility index (Phi) is 6.45. The summed E-state index contributed by atoms with van der Waals surface area (Å²) in [6.45, 7) is 7.41. The number of amides is 1. The molecular formula is C23H22ClN3O2S. The van der Waals surface area contributed by atoms with Crippen LogP contribution in [0.5, 0.6) is 5.75 Å². The molecule has 30 heavy (non-hydrogen) atoms. The number of halogens is 1. The van der Waals surface area contributed by atoms with Gasteiger partial charge in [-0.15, -0.1) is 0 Å². The Morgan fingerprint density at radius 3 is 2.63 bits per heavy atom. The van der Waals surface area contributed by atoms with E-state index in [1.807, 2.05) is 48.5 Å². The first kappa shape index (κ1) is 20.6. The largest absolute Gasteiger partial charge is 0.489 e. The van der Waals surface area contributed by atoms with Crippen LogP contribution in [-0.2, 0) is 4.79 Å². The molecule has 1 fully saturated rings. The minimum Gasteiger partial charge on any atom is -0.489 e. The van der Waals surface area contributed by atoms with Crippen molar-refractivity contribution >= 4 is 46.2 Å². The molecule has 2 aromatic rings. The number of amidine groups is 1. The molecule has 4 rings (SSSR count). The van der Waals surface area contributed by atoms with E-state index in [1.54, 1.807) is 6.08 Å². The monoisotopic (exact) mass is 439 g/mol. The standard InChI is InChI=1S/C23H22ClN3O2S/c1-2-14-29-20-9-4-3-6-17(20)15-21-22(28)25-23(30-21)27-12-10-26(11-13-27)19-8-5-7-18(24)16-19/h2-9,15-16H,1,10-14H2. The van der Waals surface area contributed by atoms with Gasteiger partial charge in [0.1, 0.15) is 12.4 Å². The van der Waals surface area contributed by atoms with Gasteiger partial charge in [-0.05, 0) is 42.1 Å². The summed E-state index contributed by atoms with van der Waals surface area (Å²) in [5.41, 5.74) is 1.98. The highest BCUT2D eigenvalue weighted by Crippen LogP contribution is 2.33. The molecule has 2 aliphatic rings. The molecule has 1 amide bonds. The lowest BCUT2D eigenvalue weighted by Gasteiger charge is -2.36. The predicted octanol–water partition coefficient (Wildman–Crippen LogP) is 4.70. The molecule has 0 unspecified atom stereocenters. The molecule has 0 spiro atoms. The van der Waals surface area contributed by atoms with Crippen molar-refractivity contribution in [1.29, 1.82) is 0 Å². The molecule has 0 atom stereocenters. The average molecular weight is 440 g/mol. The predicted molar refractivity (Wildman–Crippen MR) is 125 cm³/mol. The van der Waals surface area contributed by atoms with Gasteiger partial charge >= 0.3 is 0 Å². The summed E-state index contributed by atoms with van der Waals surface area (Å²) in [6, 6.07) is 15.5. The SMILES string of the molecule is C=CCOc1ccccc1C=C1SC(N2CCN(c3cccc(Cl)c3)CC2)=NC1=O. The van der Waals surface area contributed by atoms with Crippen LogP contribution in [0.15, 0.2) is 71.1 Å². The summed E-state index contributed by atoms with van der Waals surface area (Å²) in [5, 5.41) is 1.50. The molecule has 154 valence electrons. The topological polar surface area (TPSA) is 45.1 Å². The van der Waals surface area contributed by atoms with Crippen molar-refractivity contribution in [3.8, 4) is 5.75 Å². The molecule has 5 nitrogen and oxygen atoms in total. The molecule has 2 aliphatic heterocycles. The van der Waals surface area contributed by atoms with Gasteiger partial charge in [-0.2, -0.15) is 4.99 Å². The number of para-hydroxylation sites is 1. The van der Waals surface area contributed by atoms with E-state index in [4.69, 9.17) is 16.3 Å². The van der Waals surface area contributed by atoms with Gasteiger partial charge in [-0.1, -0.05) is 48.5 Å². The van der Waals surface area contributed by atoms with Crippen LogP contribution in [0, 0.1) is 0 Å². The van der Waals surface area contributed by atoms with Crippen LogP contribution in [0.25, 0.3) is 6.08 Å². The Bertz CT molecular complexity index is 1010. The zero-order valence-electron chi connectivity index (χ0n) is 16.5. The van der Waals surface area contributed by atoms with Gasteiger partial charge < -0.3 is 14.5 Å². The van der Waals surface area contributed by atoms with Crippen LogP contribution < -0.4 is 9.64 Å². The highest BCUT2D eigenvalue weighted by Gasteiger charge is 2.28. The first-order chi connectivity index (χ1) is 14.6. The third-order valence-corrected chi connectivity index (χ3v) is 6.17. The van der Waals surface area contributed by atoms with Crippen molar-refractivity contribution < 1.29 is 9.53 Å². The van der Waals surface area contributed by atoms with E-state index < -0.39 is 0 Å². The van der Waals surface area contributed by atoms with E-state index in [0.29, 0.717) is 11.5 Å². The molecule has 2 heterocycles. The van der Waals surface area contributed by atoms with E-state index >= 15 is 0 Å². The number of benzene rings is 2. The molecule has 2 aromatic carbocycles. The van der Waals surface area contributed by atoms with Gasteiger partial charge in [-0.3, -0.25) is 4.79 Å². The van der Waals surface area contributed by atoms with Crippen LogP contribution in [-0.4, -0.2) is 48.8 Å². The zero-order valence-corrected chi connectivity index (χ0v) is 18.0. The van der Waals surface area contributed by atoms with Gasteiger partial charge in [0.2, 0.25) is 0 Å². The summed E-state index contributed by atoms with van der Waals surface area (Å²) in [4.78, 5) is 21.9. The fourth-order valence-electron chi connectivity index (χ4n) is 3.38. The molecule has 0 saturated carbocycles. The third-order valence-electron chi connectivity index (χ3n) is 4.90. The molecule has 0 aromatic heterocycles. The summed E-state index contributed by atoms with van der Waals surface area (Å²) in [5.74, 6) is 0.521. The second-order valence-corrected chi connectivity index (χ2v) is 8.35. The third kappa shape index (κ3) is 4.71. The number of rotatable bonds is 5. The maximum atomic E-state index is 12.5. The van der Waals surface area contributed by atoms with Crippen LogP contribution >= 0.6 is 23.4 Å². The number of ether oxygens (including phenoxy) is 1. The number of nitrogens with zero attached hydrogens (tertiary/aromatic N) is 3. The van der Waals surface area contributed by atoms with Crippen molar-refractivity contribution in [1.82, 2.24) is 4.90 Å². The van der Waals surface area contributed by atoms with Crippen LogP contribution in [0.4, 0.5) is 5.69 Å². The van der Waals surface area contributed by atoms with Gasteiger partial charge in [0.15, 0.2) is 5.17 Å². The number of anilines is 1. The minimum atomic E-state index is -0.203. The van der Waals surface area contributed by atoms with Crippen molar-refractivity contribution in [3.63, 3.8) is 0 Å². The molecule has 1 saturated heterocycles. The fraction of sp³-hybridized carbons (Fsp3) is 0.217. The normalized spacial score (nSPS) is 18.0. The number of aliphatic imine (C=N–C) groups is 1. The van der Waals surface area contributed by atoms with E-state index in [-0.39, 0.29) is 5.91 Å². The fourth-order valence-corrected chi connectivity index (χ4v) is 4.52. The lowest BCUT2D eigenvalue weighted by Crippen LogP contribution is -2.47. The highest BCUT2D eigenvalue weighted by molar-refractivity contribution is 8.18. The lowest BCUT2D eigenvalue weighted by molar-refractivity contribution is -0.113. The van der Waals surface area contributed by atoms with Crippen LogP contribution in [0.3, 0.4) is 0 Å². The number of piperazine rings is 1. The van der Waals surface area contributed by atoms with Gasteiger partial charge in [0.25, 0.3) is 5.91 Å². The maximum Gasteiger partial charge on any atom is 0.286 e. The molecule has 7 heteroatoms. The Morgan fingerprint density at radius 2 is 1.87 bits per heavy atom. The highest BCUT2D eigenvalue weighted by atomic mass is 35.5. The number of thioether (sulfide) groups is 1. The Hall–Kier alpha value is -2.70. The lowest BCUT2D eigenvalue weighted by atomic mass is 10.2. The van der Waals surface area contributed by atoms with E-state index in [9.17, 15) is 4.79 Å². The number of hydrogen-bond acceptors (Lipinski definition) is 5. The summed E-state index contributed by atoms with van der Waals surface area (Å²) < 4.78 is 5.69. The van der Waals surface area contributed by atoms with Gasteiger partial charge in [-0.25, -0.2) is 0 Å². The second-order valence-electron chi connectivity index (χ2n) is 6.90. The van der Waals surface area contributed by atoms with Crippen molar-refractivity contribution in [2.45, 2.75) is 0 Å². The van der Waals surface area contributed by atoms with E-state index in [0.717, 1.165) is 53.4 Å². The Morgan fingerprint density at radius 1 is 1.10 bits per heavy atom. The van der Waals surface area contributed by atoms with E-state index in [2.05, 4.69) is 27.4 Å². The van der Waals surface area contributed by atoms with Crippen molar-refractivity contribution in [2.75, 3.05) is 37.7 Å². The zero-order chi connectivity index (χ0) is 20.9. The van der Waals surface area contributed by atoms with E-state index in [1.165, 1.54) is 11.8 Å². The maximum absolute atomic E-state index is 12.5. The average Bonchev–Trinajstić information content (AvgIpc) is 3.13. The summed E-state index contributed by atoms with van der Waals surface area (Å²) >= 11 is 7.54. The number of carbonyl (C=O) groups excluding carboxylic acids is 1. The quantitative estimate of drug-likeness (QED) is 0.499. The molecule has 0 aliphatic carbocycles. The van der Waals surface area contributed by atoms with Gasteiger partial charge in [0, 0.05) is 42.5 Å². The van der Waals surface area contributed by atoms with Gasteiger partial charge in [0.05, 0.1) is 4.91 Å². The van der Waals surface area contributed by atoms with Crippen molar-refractivity contribution in [3.05, 3.63) is 76.7 Å². The summed E-state index contributed by atoms with van der Waals surface area (Å²) in [7, 11) is 0. The first-order valence-electron chi connectivity index (χ1n) is 9.75. The molecule has 0 bridgehead atoms. The first-order valence-corrected chi connectivity index (χ1v) is 10.9. The molecule has 0 N–H and O–H groups in total.